The Labute approximate surface area is 240 Å². The largest absolute Gasteiger partial charge is 0.437 e. The molecule has 3 N–H and O–H groups in total. The highest BCUT2D eigenvalue weighted by molar-refractivity contribution is 8.00. The number of aromatic nitrogens is 2. The number of nitrogens with one attached hydrogen (secondary N) is 1. The fourth-order valence-corrected chi connectivity index (χ4v) is 5.76. The summed E-state index contributed by atoms with van der Waals surface area (Å²) in [5.74, 6) is 2.28. The molecular formula is C31H34ClN5OS. The van der Waals surface area contributed by atoms with Crippen LogP contribution in [0.2, 0.25) is 5.02 Å². The lowest BCUT2D eigenvalue weighted by molar-refractivity contribution is 0.255. The first-order valence-electron chi connectivity index (χ1n) is 13.3. The lowest BCUT2D eigenvalue weighted by Gasteiger charge is -2.29. The molecule has 0 saturated carbocycles. The molecule has 39 heavy (non-hydrogen) atoms. The van der Waals surface area contributed by atoms with Gasteiger partial charge in [0.05, 0.1) is 10.7 Å². The highest BCUT2D eigenvalue weighted by Crippen LogP contribution is 2.37. The summed E-state index contributed by atoms with van der Waals surface area (Å²) in [5.41, 5.74) is 10.9. The molecule has 1 aliphatic heterocycles. The van der Waals surface area contributed by atoms with Crippen LogP contribution in [0, 0.1) is 0 Å². The summed E-state index contributed by atoms with van der Waals surface area (Å²) in [6.45, 7) is 6.56. The van der Waals surface area contributed by atoms with Gasteiger partial charge in [0, 0.05) is 22.2 Å². The van der Waals surface area contributed by atoms with E-state index in [1.807, 2.05) is 48.5 Å². The Hall–Kier alpha value is -3.26. The number of piperidine rings is 1. The second kappa shape index (κ2) is 12.3. The van der Waals surface area contributed by atoms with Crippen LogP contribution in [0.15, 0.2) is 77.7 Å². The molecule has 4 aromatic rings. The molecule has 0 amide bonds. The van der Waals surface area contributed by atoms with Crippen molar-refractivity contribution in [3.63, 3.8) is 0 Å². The van der Waals surface area contributed by atoms with Crippen LogP contribution in [0.3, 0.4) is 0 Å². The molecule has 8 heteroatoms. The number of hydrogen-bond acceptors (Lipinski definition) is 7. The summed E-state index contributed by atoms with van der Waals surface area (Å²) < 4.78 is 9.55. The number of rotatable bonds is 8. The molecule has 0 bridgehead atoms. The van der Waals surface area contributed by atoms with Crippen LogP contribution in [0.4, 0.5) is 11.6 Å². The highest BCUT2D eigenvalue weighted by atomic mass is 35.5. The van der Waals surface area contributed by atoms with E-state index in [-0.39, 0.29) is 0 Å². The summed E-state index contributed by atoms with van der Waals surface area (Å²) in [6.07, 6.45) is 2.27. The summed E-state index contributed by atoms with van der Waals surface area (Å²) in [6, 6.07) is 23.9. The van der Waals surface area contributed by atoms with Gasteiger partial charge < -0.3 is 15.4 Å². The van der Waals surface area contributed by atoms with E-state index in [0.717, 1.165) is 42.1 Å². The number of halogens is 1. The fourth-order valence-electron chi connectivity index (χ4n) is 4.89. The van der Waals surface area contributed by atoms with Gasteiger partial charge in [-0.2, -0.15) is 4.98 Å². The van der Waals surface area contributed by atoms with E-state index < -0.39 is 0 Å². The van der Waals surface area contributed by atoms with Crippen molar-refractivity contribution in [2.24, 2.45) is 0 Å². The number of ether oxygens (including phenoxy) is 1. The third-order valence-corrected chi connectivity index (χ3v) is 8.11. The van der Waals surface area contributed by atoms with E-state index in [1.165, 1.54) is 23.1 Å². The molecular weight excluding hydrogens is 526 g/mol. The Bertz CT molecular complexity index is 1440. The first-order valence-corrected chi connectivity index (χ1v) is 14.5. The number of nitrogens with two attached hydrogens (primary N) is 1. The van der Waals surface area contributed by atoms with Crippen LogP contribution in [0.1, 0.15) is 49.7 Å². The quantitative estimate of drug-likeness (QED) is 0.166. The average Bonchev–Trinajstić information content (AvgIpc) is 2.93. The maximum Gasteiger partial charge on any atom is 0.237 e. The molecule has 5 rings (SSSR count). The molecule has 3 aromatic carbocycles. The van der Waals surface area contributed by atoms with Gasteiger partial charge >= 0.3 is 0 Å². The minimum Gasteiger partial charge on any atom is -0.437 e. The molecule has 0 atom stereocenters. The molecule has 0 spiro atoms. The van der Waals surface area contributed by atoms with E-state index in [4.69, 9.17) is 27.1 Å². The standard InChI is InChI=1S/C31H34ClN5OS/c1-20(2)25-9-4-5-10-26(25)28-19-30(35-31(34-28)36-39-24-8-6-7-23(33)18-24)38-29-12-11-22(17-27(29)32)21-13-15-37(3)16-14-21/h4-12,17-21H,13-16,33H2,1-3H3,(H,34,35,36). The van der Waals surface area contributed by atoms with E-state index >= 15 is 0 Å². The molecule has 6 nitrogen and oxygen atoms in total. The van der Waals surface area contributed by atoms with Crippen molar-refractivity contribution >= 4 is 35.2 Å². The van der Waals surface area contributed by atoms with E-state index in [9.17, 15) is 0 Å². The SMILES string of the molecule is CC(C)c1ccccc1-c1cc(Oc2ccc(C3CCN(C)CC3)cc2Cl)nc(NSc2cccc(N)c2)n1. The molecule has 1 saturated heterocycles. The Balaban J connectivity index is 1.45. The molecule has 0 radical (unpaired) electrons. The van der Waals surface area contributed by atoms with Crippen LogP contribution in [-0.2, 0) is 0 Å². The molecule has 2 heterocycles. The number of likely N-dealkylation sites (tertiary alicyclic amines) is 1. The molecule has 202 valence electrons. The molecule has 0 aliphatic carbocycles. The van der Waals surface area contributed by atoms with Crippen LogP contribution in [0.25, 0.3) is 11.3 Å². The monoisotopic (exact) mass is 559 g/mol. The predicted molar refractivity (Wildman–Crippen MR) is 163 cm³/mol. The zero-order valence-corrected chi connectivity index (χ0v) is 24.1. The van der Waals surface area contributed by atoms with Crippen molar-refractivity contribution in [3.8, 4) is 22.9 Å². The Morgan fingerprint density at radius 2 is 1.79 bits per heavy atom. The number of nitrogen functional groups attached to an aromatic ring is 1. The normalized spacial score (nSPS) is 14.5. The number of nitrogens with zero attached hydrogens (tertiary/aromatic N) is 3. The third-order valence-electron chi connectivity index (χ3n) is 7.04. The van der Waals surface area contributed by atoms with E-state index in [0.29, 0.717) is 40.1 Å². The van der Waals surface area contributed by atoms with Gasteiger partial charge in [-0.3, -0.25) is 4.72 Å². The molecule has 1 aromatic heterocycles. The van der Waals surface area contributed by atoms with Gasteiger partial charge in [-0.15, -0.1) is 0 Å². The molecule has 0 unspecified atom stereocenters. The van der Waals surface area contributed by atoms with Crippen LogP contribution in [0.5, 0.6) is 11.6 Å². The summed E-state index contributed by atoms with van der Waals surface area (Å²) in [5, 5.41) is 0.581. The van der Waals surface area contributed by atoms with E-state index in [1.54, 1.807) is 0 Å². The first-order chi connectivity index (χ1) is 18.9. The summed E-state index contributed by atoms with van der Waals surface area (Å²) in [7, 11) is 2.17. The van der Waals surface area contributed by atoms with Crippen LogP contribution >= 0.6 is 23.5 Å². The van der Waals surface area contributed by atoms with Gasteiger partial charge in [-0.05, 0) is 98.2 Å². The number of benzene rings is 3. The number of anilines is 2. The Morgan fingerprint density at radius 1 is 1.00 bits per heavy atom. The van der Waals surface area contributed by atoms with Gasteiger partial charge in [0.1, 0.15) is 5.75 Å². The van der Waals surface area contributed by atoms with Gasteiger partial charge in [0.15, 0.2) is 0 Å². The maximum atomic E-state index is 6.74. The predicted octanol–water partition coefficient (Wildman–Crippen LogP) is 8.22. The van der Waals surface area contributed by atoms with Crippen molar-refractivity contribution in [3.05, 3.63) is 88.9 Å². The van der Waals surface area contributed by atoms with E-state index in [2.05, 4.69) is 59.8 Å². The van der Waals surface area contributed by atoms with Crippen molar-refractivity contribution in [1.29, 1.82) is 0 Å². The zero-order chi connectivity index (χ0) is 27.4. The van der Waals surface area contributed by atoms with Gasteiger partial charge in [-0.25, -0.2) is 4.98 Å². The highest BCUT2D eigenvalue weighted by Gasteiger charge is 2.20. The van der Waals surface area contributed by atoms with Crippen molar-refractivity contribution in [1.82, 2.24) is 14.9 Å². The van der Waals surface area contributed by atoms with Gasteiger partial charge in [-0.1, -0.05) is 61.8 Å². The minimum absolute atomic E-state index is 0.333. The van der Waals surface area contributed by atoms with Crippen LogP contribution < -0.4 is 15.2 Å². The lowest BCUT2D eigenvalue weighted by atomic mass is 9.89. The maximum absolute atomic E-state index is 6.74. The Kier molecular flexibility index (Phi) is 8.60. The van der Waals surface area contributed by atoms with Crippen molar-refractivity contribution in [2.45, 2.75) is 43.4 Å². The first kappa shape index (κ1) is 27.3. The molecule has 1 fully saturated rings. The topological polar surface area (TPSA) is 76.3 Å². The van der Waals surface area contributed by atoms with Gasteiger partial charge in [0.25, 0.3) is 0 Å². The molecule has 1 aliphatic rings. The number of hydrogen-bond donors (Lipinski definition) is 2. The summed E-state index contributed by atoms with van der Waals surface area (Å²) in [4.78, 5) is 12.8. The van der Waals surface area contributed by atoms with Gasteiger partial charge in [0.2, 0.25) is 11.8 Å². The summed E-state index contributed by atoms with van der Waals surface area (Å²) >= 11 is 8.13. The van der Waals surface area contributed by atoms with Crippen LogP contribution in [-0.4, -0.2) is 35.0 Å². The second-order valence-corrected chi connectivity index (χ2v) is 11.6. The second-order valence-electron chi connectivity index (χ2n) is 10.3. The zero-order valence-electron chi connectivity index (χ0n) is 22.5. The smallest absolute Gasteiger partial charge is 0.237 e. The lowest BCUT2D eigenvalue weighted by Crippen LogP contribution is -2.29. The Morgan fingerprint density at radius 3 is 2.54 bits per heavy atom. The van der Waals surface area contributed by atoms with Crippen molar-refractivity contribution in [2.75, 3.05) is 30.6 Å². The average molecular weight is 560 g/mol. The fraction of sp³-hybridized carbons (Fsp3) is 0.290. The van der Waals surface area contributed by atoms with Crippen molar-refractivity contribution < 1.29 is 4.74 Å². The minimum atomic E-state index is 0.333. The third kappa shape index (κ3) is 6.85.